The van der Waals surface area contributed by atoms with Crippen molar-refractivity contribution in [2.45, 2.75) is 45.5 Å². The van der Waals surface area contributed by atoms with Crippen LogP contribution in [0.5, 0.6) is 0 Å². The molecular weight excluding hydrogens is 414 g/mol. The van der Waals surface area contributed by atoms with Gasteiger partial charge in [0.25, 0.3) is 0 Å². The minimum Gasteiger partial charge on any atom is -0.166 e. The van der Waals surface area contributed by atoms with E-state index in [1.54, 1.807) is 12.1 Å². The standard InChI is InChI=1S/C25H21F6/c1-14-19-13-20(22(2,3)4)21(14)23(19,15-7-5-9-17(11-15)24(26,27)28)16-8-6-10-18(12-16)25(29,30)31/h5-12,20H,1-4H3. The summed E-state index contributed by atoms with van der Waals surface area (Å²) in [4.78, 5) is 0. The first-order chi connectivity index (χ1) is 14.2. The summed E-state index contributed by atoms with van der Waals surface area (Å²) in [6, 6.07) is 9.82. The Kier molecular flexibility index (Phi) is 4.56. The summed E-state index contributed by atoms with van der Waals surface area (Å²) in [6.07, 6.45) is -5.71. The van der Waals surface area contributed by atoms with Gasteiger partial charge in [0.05, 0.1) is 16.5 Å². The van der Waals surface area contributed by atoms with Crippen LogP contribution in [0.4, 0.5) is 26.3 Å². The summed E-state index contributed by atoms with van der Waals surface area (Å²) < 4.78 is 80.8. The average molecular weight is 435 g/mol. The molecule has 2 aromatic rings. The maximum Gasteiger partial charge on any atom is 0.416 e. The van der Waals surface area contributed by atoms with Crippen molar-refractivity contribution in [3.63, 3.8) is 0 Å². The van der Waals surface area contributed by atoms with E-state index < -0.39 is 28.9 Å². The van der Waals surface area contributed by atoms with E-state index in [0.29, 0.717) is 16.7 Å². The molecule has 6 heteroatoms. The largest absolute Gasteiger partial charge is 0.416 e. The smallest absolute Gasteiger partial charge is 0.166 e. The molecule has 0 amide bonds. The molecule has 2 aromatic carbocycles. The van der Waals surface area contributed by atoms with Gasteiger partial charge < -0.3 is 0 Å². The Hall–Kier alpha value is -2.50. The van der Waals surface area contributed by atoms with Crippen molar-refractivity contribution >= 4 is 0 Å². The summed E-state index contributed by atoms with van der Waals surface area (Å²) in [7, 11) is 0. The summed E-state index contributed by atoms with van der Waals surface area (Å²) >= 11 is 0. The molecule has 0 saturated carbocycles. The summed E-state index contributed by atoms with van der Waals surface area (Å²) in [5, 5.41) is 0. The van der Waals surface area contributed by atoms with E-state index in [1.165, 1.54) is 12.1 Å². The maximum absolute atomic E-state index is 13.5. The fraction of sp³-hybridized carbons (Fsp3) is 0.360. The number of benzene rings is 2. The molecule has 1 radical (unpaired) electrons. The summed E-state index contributed by atoms with van der Waals surface area (Å²) in [5.41, 5.74) is -0.0754. The van der Waals surface area contributed by atoms with Crippen LogP contribution in [-0.4, -0.2) is 0 Å². The highest BCUT2D eigenvalue weighted by Crippen LogP contribution is 2.67. The highest BCUT2D eigenvalue weighted by atomic mass is 19.4. The number of hydrogen-bond acceptors (Lipinski definition) is 0. The molecule has 0 N–H and O–H groups in total. The number of rotatable bonds is 2. The Morgan fingerprint density at radius 3 is 1.58 bits per heavy atom. The van der Waals surface area contributed by atoms with Gasteiger partial charge in [-0.2, -0.15) is 26.3 Å². The molecule has 1 atom stereocenters. The number of hydrogen-bond donors (Lipinski definition) is 0. The van der Waals surface area contributed by atoms with Crippen molar-refractivity contribution in [1.82, 2.24) is 0 Å². The van der Waals surface area contributed by atoms with Crippen LogP contribution in [0.2, 0.25) is 0 Å². The topological polar surface area (TPSA) is 0 Å². The Balaban J connectivity index is 2.00. The number of halogens is 6. The highest BCUT2D eigenvalue weighted by Gasteiger charge is 2.59. The molecule has 1 unspecified atom stereocenters. The molecule has 0 aromatic heterocycles. The van der Waals surface area contributed by atoms with Crippen LogP contribution >= 0.6 is 0 Å². The third kappa shape index (κ3) is 3.14. The predicted molar refractivity (Wildman–Crippen MR) is 106 cm³/mol. The normalized spacial score (nSPS) is 20.6. The van der Waals surface area contributed by atoms with Crippen LogP contribution in [0.3, 0.4) is 0 Å². The Morgan fingerprint density at radius 1 is 0.774 bits per heavy atom. The molecular formula is C25H21F6. The first-order valence-electron chi connectivity index (χ1n) is 9.89. The van der Waals surface area contributed by atoms with Crippen molar-refractivity contribution in [2.24, 2.45) is 11.3 Å². The van der Waals surface area contributed by atoms with E-state index in [4.69, 9.17) is 0 Å². The van der Waals surface area contributed by atoms with Crippen LogP contribution < -0.4 is 0 Å². The molecule has 3 aliphatic carbocycles. The third-order valence-corrected chi connectivity index (χ3v) is 6.25. The number of allylic oxidation sites excluding steroid dienone is 4. The van der Waals surface area contributed by atoms with Gasteiger partial charge in [0, 0.05) is 5.92 Å². The third-order valence-electron chi connectivity index (χ3n) is 6.25. The summed E-state index contributed by atoms with van der Waals surface area (Å²) in [5.74, 6) is -0.202. The van der Waals surface area contributed by atoms with E-state index in [-0.39, 0.29) is 11.3 Å². The fourth-order valence-electron chi connectivity index (χ4n) is 4.91. The molecule has 3 aliphatic rings. The van der Waals surface area contributed by atoms with Gasteiger partial charge in [-0.15, -0.1) is 0 Å². The molecule has 0 fully saturated rings. The molecule has 5 rings (SSSR count). The van der Waals surface area contributed by atoms with Crippen LogP contribution in [0.15, 0.2) is 65.3 Å². The van der Waals surface area contributed by atoms with E-state index in [0.717, 1.165) is 35.4 Å². The minimum absolute atomic E-state index is 0.202. The van der Waals surface area contributed by atoms with Crippen LogP contribution in [0.25, 0.3) is 0 Å². The van der Waals surface area contributed by atoms with E-state index >= 15 is 0 Å². The van der Waals surface area contributed by atoms with Gasteiger partial charge >= 0.3 is 12.4 Å². The maximum atomic E-state index is 13.5. The van der Waals surface area contributed by atoms with Crippen molar-refractivity contribution in [3.8, 4) is 0 Å². The van der Waals surface area contributed by atoms with Gasteiger partial charge in [-0.25, -0.2) is 0 Å². The molecule has 0 aliphatic heterocycles. The Morgan fingerprint density at radius 2 is 1.23 bits per heavy atom. The fourth-order valence-corrected chi connectivity index (χ4v) is 4.91. The van der Waals surface area contributed by atoms with Gasteiger partial charge in [0.15, 0.2) is 0 Å². The second kappa shape index (κ2) is 6.50. The Labute approximate surface area is 177 Å². The quantitative estimate of drug-likeness (QED) is 0.423. The zero-order valence-electron chi connectivity index (χ0n) is 17.5. The number of alkyl halides is 6. The second-order valence-electron chi connectivity index (χ2n) is 9.26. The van der Waals surface area contributed by atoms with E-state index in [1.807, 2.05) is 27.7 Å². The van der Waals surface area contributed by atoms with Gasteiger partial charge in [0.2, 0.25) is 0 Å². The van der Waals surface area contributed by atoms with Crippen molar-refractivity contribution in [1.29, 1.82) is 0 Å². The summed E-state index contributed by atoms with van der Waals surface area (Å²) in [6.45, 7) is 7.85. The van der Waals surface area contributed by atoms with Gasteiger partial charge in [-0.1, -0.05) is 57.2 Å². The van der Waals surface area contributed by atoms with Crippen LogP contribution in [0, 0.1) is 17.4 Å². The molecule has 2 bridgehead atoms. The van der Waals surface area contributed by atoms with Crippen LogP contribution in [0.1, 0.15) is 49.9 Å². The highest BCUT2D eigenvalue weighted by molar-refractivity contribution is 5.76. The zero-order valence-corrected chi connectivity index (χ0v) is 17.5. The van der Waals surface area contributed by atoms with Crippen molar-refractivity contribution < 1.29 is 26.3 Å². The lowest BCUT2D eigenvalue weighted by atomic mass is 9.54. The van der Waals surface area contributed by atoms with E-state index in [2.05, 4.69) is 6.08 Å². The first kappa shape index (κ1) is 21.7. The van der Waals surface area contributed by atoms with E-state index in [9.17, 15) is 26.3 Å². The molecule has 0 saturated heterocycles. The van der Waals surface area contributed by atoms with Gasteiger partial charge in [0.1, 0.15) is 0 Å². The molecule has 31 heavy (non-hydrogen) atoms. The predicted octanol–water partition coefficient (Wildman–Crippen LogP) is 7.75. The average Bonchev–Trinajstić information content (AvgIpc) is 3.22. The Bertz CT molecular complexity index is 1050. The molecule has 163 valence electrons. The SMILES string of the molecule is CC1=C2C(C(C)(C)C)[C]=C1C2(c1cccc(C(F)(F)F)c1)c1cccc(C(F)(F)F)c1. The van der Waals surface area contributed by atoms with Gasteiger partial charge in [-0.05, 0) is 58.4 Å². The lowest BCUT2D eigenvalue weighted by molar-refractivity contribution is -0.138. The molecule has 0 spiro atoms. The zero-order chi connectivity index (χ0) is 23.0. The first-order valence-corrected chi connectivity index (χ1v) is 9.89. The minimum atomic E-state index is -4.56. The second-order valence-corrected chi connectivity index (χ2v) is 9.26. The van der Waals surface area contributed by atoms with Crippen LogP contribution in [-0.2, 0) is 17.8 Å². The monoisotopic (exact) mass is 435 g/mol. The van der Waals surface area contributed by atoms with Crippen molar-refractivity contribution in [3.05, 3.63) is 93.6 Å². The lowest BCUT2D eigenvalue weighted by Crippen LogP contribution is -2.41. The number of fused-ring (bicyclic) bond motifs is 1. The molecule has 0 nitrogen and oxygen atoms in total. The lowest BCUT2D eigenvalue weighted by Gasteiger charge is -2.47. The van der Waals surface area contributed by atoms with Crippen molar-refractivity contribution in [2.75, 3.05) is 0 Å². The molecule has 0 heterocycles. The van der Waals surface area contributed by atoms with Gasteiger partial charge in [-0.3, -0.25) is 0 Å².